The summed E-state index contributed by atoms with van der Waals surface area (Å²) in [6.07, 6.45) is 0. The van der Waals surface area contributed by atoms with Gasteiger partial charge in [0, 0.05) is 30.9 Å². The van der Waals surface area contributed by atoms with Crippen molar-refractivity contribution in [3.63, 3.8) is 0 Å². The fraction of sp³-hybridized carbons (Fsp3) is 0.114. The fourth-order valence-corrected chi connectivity index (χ4v) is 5.50. The van der Waals surface area contributed by atoms with Crippen molar-refractivity contribution >= 4 is 27.8 Å². The van der Waals surface area contributed by atoms with Crippen LogP contribution in [0, 0.1) is 13.8 Å². The lowest BCUT2D eigenvalue weighted by atomic mass is 9.91. The first-order valence-electron chi connectivity index (χ1n) is 13.8. The van der Waals surface area contributed by atoms with Gasteiger partial charge in [-0.05, 0) is 55.8 Å². The first kappa shape index (κ1) is 24.8. The molecule has 0 atom stereocenters. The zero-order valence-electron chi connectivity index (χ0n) is 23.6. The lowest BCUT2D eigenvalue weighted by molar-refractivity contribution is 0.878. The Hall–Kier alpha value is -5.23. The maximum absolute atomic E-state index is 5.38. The molecule has 6 nitrogen and oxygen atoms in total. The zero-order chi connectivity index (χ0) is 28.1. The third kappa shape index (κ3) is 4.25. The van der Waals surface area contributed by atoms with E-state index < -0.39 is 0 Å². The maximum Gasteiger partial charge on any atom is 0.164 e. The second-order valence-corrected chi connectivity index (χ2v) is 10.7. The molecule has 7 aromatic rings. The van der Waals surface area contributed by atoms with Gasteiger partial charge < -0.3 is 9.88 Å². The third-order valence-corrected chi connectivity index (χ3v) is 7.61. The number of para-hydroxylation sites is 3. The van der Waals surface area contributed by atoms with Crippen LogP contribution in [0.3, 0.4) is 0 Å². The summed E-state index contributed by atoms with van der Waals surface area (Å²) in [5, 5.41) is 6.05. The molecule has 0 fully saturated rings. The summed E-state index contributed by atoms with van der Waals surface area (Å²) in [7, 11) is 4.12. The van der Waals surface area contributed by atoms with E-state index in [-0.39, 0.29) is 0 Å². The summed E-state index contributed by atoms with van der Waals surface area (Å²) in [6.45, 7) is 4.17. The van der Waals surface area contributed by atoms with Gasteiger partial charge in [0.2, 0.25) is 0 Å². The van der Waals surface area contributed by atoms with Crippen molar-refractivity contribution in [3.05, 3.63) is 114 Å². The molecule has 3 aromatic heterocycles. The summed E-state index contributed by atoms with van der Waals surface area (Å²) in [6, 6.07) is 35.6. The van der Waals surface area contributed by atoms with Gasteiger partial charge >= 0.3 is 0 Å². The Bertz CT molecular complexity index is 1980. The largest absolute Gasteiger partial charge is 0.378 e. The van der Waals surface area contributed by atoms with Crippen molar-refractivity contribution in [2.45, 2.75) is 13.8 Å². The highest BCUT2D eigenvalue weighted by Gasteiger charge is 2.26. The van der Waals surface area contributed by atoms with Crippen LogP contribution in [0.1, 0.15) is 11.3 Å². The van der Waals surface area contributed by atoms with Gasteiger partial charge in [-0.2, -0.15) is 5.10 Å². The minimum absolute atomic E-state index is 0.787. The first-order valence-corrected chi connectivity index (χ1v) is 13.8. The van der Waals surface area contributed by atoms with Crippen LogP contribution < -0.4 is 4.90 Å². The van der Waals surface area contributed by atoms with Gasteiger partial charge in [0.05, 0.1) is 39.1 Å². The molecule has 0 aliphatic carbocycles. The van der Waals surface area contributed by atoms with E-state index in [4.69, 9.17) is 15.1 Å². The molecule has 41 heavy (non-hydrogen) atoms. The van der Waals surface area contributed by atoms with Crippen molar-refractivity contribution in [1.29, 1.82) is 0 Å². The Kier molecular flexibility index (Phi) is 5.89. The molecular formula is C35H30N6. The van der Waals surface area contributed by atoms with E-state index in [1.807, 2.05) is 41.1 Å². The number of hydrogen-bond acceptors (Lipinski definition) is 4. The van der Waals surface area contributed by atoms with Gasteiger partial charge in [-0.1, -0.05) is 72.3 Å². The number of nitrogens with one attached hydrogen (secondary N) is 1. The number of pyridine rings is 1. The van der Waals surface area contributed by atoms with Crippen LogP contribution in [0.5, 0.6) is 0 Å². The van der Waals surface area contributed by atoms with Crippen LogP contribution >= 0.6 is 0 Å². The minimum Gasteiger partial charge on any atom is -0.378 e. The number of imidazole rings is 1. The Morgan fingerprint density at radius 3 is 2.07 bits per heavy atom. The SMILES string of the molecule is Cc1ccc(-c2nc3c(c(C)nn3-c3ccccc3)c(-c3ccc(N(C)C)cc3)c2-c2nc3ccccc3[nH]2)cc1. The molecule has 3 heterocycles. The third-order valence-electron chi connectivity index (χ3n) is 7.61. The van der Waals surface area contributed by atoms with Crippen molar-refractivity contribution in [1.82, 2.24) is 24.7 Å². The van der Waals surface area contributed by atoms with E-state index >= 15 is 0 Å². The minimum atomic E-state index is 0.787. The molecule has 200 valence electrons. The van der Waals surface area contributed by atoms with Crippen LogP contribution in [-0.2, 0) is 0 Å². The molecule has 0 amide bonds. The van der Waals surface area contributed by atoms with E-state index in [2.05, 4.69) is 105 Å². The van der Waals surface area contributed by atoms with Crippen LogP contribution in [0.15, 0.2) is 103 Å². The number of H-pyrrole nitrogens is 1. The number of hydrogen-bond donors (Lipinski definition) is 1. The highest BCUT2D eigenvalue weighted by molar-refractivity contribution is 6.07. The predicted octanol–water partition coefficient (Wildman–Crippen LogP) is 7.98. The van der Waals surface area contributed by atoms with Gasteiger partial charge in [-0.15, -0.1) is 0 Å². The molecule has 0 bridgehead atoms. The lowest BCUT2D eigenvalue weighted by Gasteiger charge is -2.17. The molecule has 1 N–H and O–H groups in total. The number of aromatic nitrogens is 5. The normalized spacial score (nSPS) is 11.4. The highest BCUT2D eigenvalue weighted by atomic mass is 15.3. The zero-order valence-corrected chi connectivity index (χ0v) is 23.6. The van der Waals surface area contributed by atoms with Gasteiger partial charge in [0.15, 0.2) is 5.65 Å². The maximum atomic E-state index is 5.38. The van der Waals surface area contributed by atoms with Gasteiger partial charge in [-0.3, -0.25) is 0 Å². The van der Waals surface area contributed by atoms with Gasteiger partial charge in [0.1, 0.15) is 5.82 Å². The Labute approximate surface area is 238 Å². The Morgan fingerprint density at radius 2 is 1.37 bits per heavy atom. The molecule has 0 unspecified atom stereocenters. The van der Waals surface area contributed by atoms with Crippen molar-refractivity contribution in [2.24, 2.45) is 0 Å². The van der Waals surface area contributed by atoms with Crippen LogP contribution in [0.2, 0.25) is 0 Å². The number of anilines is 1. The average molecular weight is 535 g/mol. The molecule has 0 spiro atoms. The standard InChI is InChI=1S/C35H30N6/c1-22-14-16-25(17-15-22)33-32(34-36-28-12-8-9-13-29(28)37-34)31(24-18-20-26(21-19-24)40(3)4)30-23(2)39-41(35(30)38-33)27-10-6-5-7-11-27/h5-21H,1-4H3,(H,36,37). The molecule has 4 aromatic carbocycles. The topological polar surface area (TPSA) is 62.6 Å². The second kappa shape index (κ2) is 9.75. The monoisotopic (exact) mass is 534 g/mol. The highest BCUT2D eigenvalue weighted by Crippen LogP contribution is 2.44. The average Bonchev–Trinajstić information content (AvgIpc) is 3.58. The van der Waals surface area contributed by atoms with E-state index in [1.165, 1.54) is 5.56 Å². The number of aryl methyl sites for hydroxylation is 2. The van der Waals surface area contributed by atoms with Crippen LogP contribution in [0.4, 0.5) is 5.69 Å². The van der Waals surface area contributed by atoms with E-state index in [0.717, 1.165) is 72.9 Å². The molecule has 0 saturated heterocycles. The molecule has 0 aliphatic rings. The predicted molar refractivity (Wildman–Crippen MR) is 169 cm³/mol. The molecule has 7 rings (SSSR count). The summed E-state index contributed by atoms with van der Waals surface area (Å²) >= 11 is 0. The number of nitrogens with zero attached hydrogens (tertiary/aromatic N) is 5. The van der Waals surface area contributed by atoms with Crippen molar-refractivity contribution in [2.75, 3.05) is 19.0 Å². The summed E-state index contributed by atoms with van der Waals surface area (Å²) in [4.78, 5) is 16.2. The van der Waals surface area contributed by atoms with Crippen LogP contribution in [-0.4, -0.2) is 38.8 Å². The molecule has 0 aliphatic heterocycles. The van der Waals surface area contributed by atoms with Gasteiger partial charge in [0.25, 0.3) is 0 Å². The Balaban J connectivity index is 1.64. The summed E-state index contributed by atoms with van der Waals surface area (Å²) in [5.74, 6) is 0.787. The molecule has 6 heteroatoms. The quantitative estimate of drug-likeness (QED) is 0.243. The van der Waals surface area contributed by atoms with Crippen LogP contribution in [0.25, 0.3) is 61.5 Å². The number of aromatic amines is 1. The number of benzene rings is 4. The number of fused-ring (bicyclic) bond motifs is 2. The Morgan fingerprint density at radius 1 is 0.683 bits per heavy atom. The number of rotatable bonds is 5. The lowest BCUT2D eigenvalue weighted by Crippen LogP contribution is -2.08. The first-order chi connectivity index (χ1) is 20.0. The van der Waals surface area contributed by atoms with Crippen molar-refractivity contribution < 1.29 is 0 Å². The van der Waals surface area contributed by atoms with Crippen molar-refractivity contribution in [3.8, 4) is 39.5 Å². The smallest absolute Gasteiger partial charge is 0.164 e. The molecular weight excluding hydrogens is 504 g/mol. The van der Waals surface area contributed by atoms with Gasteiger partial charge in [-0.25, -0.2) is 14.6 Å². The summed E-state index contributed by atoms with van der Waals surface area (Å²) < 4.78 is 1.96. The van der Waals surface area contributed by atoms with E-state index in [1.54, 1.807) is 0 Å². The molecule has 0 radical (unpaired) electrons. The second-order valence-electron chi connectivity index (χ2n) is 10.7. The summed E-state index contributed by atoms with van der Waals surface area (Å²) in [5.41, 5.74) is 11.9. The van der Waals surface area contributed by atoms with E-state index in [0.29, 0.717) is 0 Å². The fourth-order valence-electron chi connectivity index (χ4n) is 5.50. The van der Waals surface area contributed by atoms with E-state index in [9.17, 15) is 0 Å². The molecule has 0 saturated carbocycles.